The van der Waals surface area contributed by atoms with Gasteiger partial charge in [-0.05, 0) is 118 Å². The lowest BCUT2D eigenvalue weighted by atomic mass is 10.0. The Morgan fingerprint density at radius 1 is 0.571 bits per heavy atom. The fraction of sp³-hybridized carbons (Fsp3) is 0.0345. The molecule has 5 nitrogen and oxygen atoms in total. The standard InChI is InChI=1S/C58H45N5/c1-3-17-54-52(4-2)53-36-48-35-45-30-31-62(50-27-12-7-13-28-50)55(45)37-49(48)38-56(53)63(54)51-29-14-18-40(32-51)39-60-58(47-26-16-24-44(34-47)42-21-10-6-11-22-42)61-57(59)46-25-15-23-43(33-46)41-19-8-5-9-20-41/h3-38H,2,39H2,1H3,(H2,59,60,61)/b17-3-. The summed E-state index contributed by atoms with van der Waals surface area (Å²) in [6, 6.07) is 67.8. The van der Waals surface area contributed by atoms with Crippen LogP contribution in [0.2, 0.25) is 0 Å². The van der Waals surface area contributed by atoms with Gasteiger partial charge in [-0.3, -0.25) is 4.99 Å². The first kappa shape index (κ1) is 38.9. The Bertz CT molecular complexity index is 3390. The second kappa shape index (κ2) is 17.0. The van der Waals surface area contributed by atoms with Crippen LogP contribution in [0.5, 0.6) is 0 Å². The quantitative estimate of drug-likeness (QED) is 0.109. The molecule has 0 aliphatic heterocycles. The van der Waals surface area contributed by atoms with Crippen molar-refractivity contribution in [2.24, 2.45) is 15.7 Å². The van der Waals surface area contributed by atoms with Gasteiger partial charge in [0.2, 0.25) is 0 Å². The molecular formula is C58H45N5. The van der Waals surface area contributed by atoms with Gasteiger partial charge in [0, 0.05) is 45.0 Å². The van der Waals surface area contributed by atoms with Crippen molar-refractivity contribution in [1.29, 1.82) is 0 Å². The summed E-state index contributed by atoms with van der Waals surface area (Å²) < 4.78 is 4.60. The van der Waals surface area contributed by atoms with Crippen LogP contribution in [0.3, 0.4) is 0 Å². The van der Waals surface area contributed by atoms with E-state index in [1.807, 2.05) is 42.5 Å². The van der Waals surface area contributed by atoms with E-state index in [9.17, 15) is 0 Å². The molecule has 10 rings (SSSR count). The van der Waals surface area contributed by atoms with Crippen molar-refractivity contribution in [3.8, 4) is 33.6 Å². The Morgan fingerprint density at radius 2 is 1.17 bits per heavy atom. The Labute approximate surface area is 367 Å². The third kappa shape index (κ3) is 7.69. The highest BCUT2D eigenvalue weighted by Crippen LogP contribution is 2.37. The summed E-state index contributed by atoms with van der Waals surface area (Å²) in [5, 5.41) is 4.70. The van der Waals surface area contributed by atoms with Crippen LogP contribution in [0.15, 0.2) is 223 Å². The molecule has 0 unspecified atom stereocenters. The van der Waals surface area contributed by atoms with Crippen molar-refractivity contribution in [2.75, 3.05) is 0 Å². The third-order valence-corrected chi connectivity index (χ3v) is 11.7. The van der Waals surface area contributed by atoms with Gasteiger partial charge < -0.3 is 14.9 Å². The summed E-state index contributed by atoms with van der Waals surface area (Å²) in [6.07, 6.45) is 8.40. The fourth-order valence-electron chi connectivity index (χ4n) is 8.63. The zero-order valence-corrected chi connectivity index (χ0v) is 35.1. The van der Waals surface area contributed by atoms with Crippen molar-refractivity contribution < 1.29 is 0 Å². The molecule has 8 aromatic carbocycles. The molecule has 0 radical (unpaired) electrons. The first-order chi connectivity index (χ1) is 31.0. The second-order valence-corrected chi connectivity index (χ2v) is 15.7. The molecule has 63 heavy (non-hydrogen) atoms. The van der Waals surface area contributed by atoms with Crippen molar-refractivity contribution in [1.82, 2.24) is 9.13 Å². The number of aromatic nitrogens is 2. The zero-order valence-electron chi connectivity index (χ0n) is 35.1. The van der Waals surface area contributed by atoms with E-state index in [1.54, 1.807) is 0 Å². The molecule has 0 atom stereocenters. The number of nitrogens with two attached hydrogens (primary N) is 1. The molecule has 0 fully saturated rings. The first-order valence-electron chi connectivity index (χ1n) is 21.3. The van der Waals surface area contributed by atoms with Crippen LogP contribution in [0, 0.1) is 0 Å². The van der Waals surface area contributed by atoms with Crippen LogP contribution in [0.4, 0.5) is 0 Å². The molecular weight excluding hydrogens is 767 g/mol. The van der Waals surface area contributed by atoms with Gasteiger partial charge in [0.15, 0.2) is 5.84 Å². The molecule has 0 bridgehead atoms. The Hall–Kier alpha value is -8.28. The average molecular weight is 812 g/mol. The smallest absolute Gasteiger partial charge is 0.157 e. The second-order valence-electron chi connectivity index (χ2n) is 15.7. The number of aliphatic imine (C=N–C) groups is 2. The molecule has 0 aliphatic rings. The Kier molecular flexibility index (Phi) is 10.5. The highest BCUT2D eigenvalue weighted by Gasteiger charge is 2.18. The molecule has 5 heteroatoms. The predicted octanol–water partition coefficient (Wildman–Crippen LogP) is 14.1. The number of para-hydroxylation sites is 1. The number of amidine groups is 2. The number of nitrogens with zero attached hydrogens (tertiary/aromatic N) is 4. The number of hydrogen-bond acceptors (Lipinski definition) is 1. The molecule has 2 N–H and O–H groups in total. The maximum absolute atomic E-state index is 6.86. The van der Waals surface area contributed by atoms with Crippen LogP contribution in [0.25, 0.3) is 78.4 Å². The minimum Gasteiger partial charge on any atom is -0.383 e. The topological polar surface area (TPSA) is 60.6 Å². The van der Waals surface area contributed by atoms with E-state index in [-0.39, 0.29) is 0 Å². The van der Waals surface area contributed by atoms with Crippen LogP contribution < -0.4 is 5.73 Å². The summed E-state index contributed by atoms with van der Waals surface area (Å²) in [5.41, 5.74) is 20.6. The Balaban J connectivity index is 1.07. The zero-order chi connectivity index (χ0) is 42.7. The molecule has 2 heterocycles. The molecule has 302 valence electrons. The van der Waals surface area contributed by atoms with Gasteiger partial charge in [-0.25, -0.2) is 4.99 Å². The normalized spacial score (nSPS) is 12.2. The summed E-state index contributed by atoms with van der Waals surface area (Å²) in [4.78, 5) is 10.3. The molecule has 10 aromatic rings. The minimum atomic E-state index is 0.392. The van der Waals surface area contributed by atoms with Gasteiger partial charge in [0.25, 0.3) is 0 Å². The average Bonchev–Trinajstić information content (AvgIpc) is 3.89. The summed E-state index contributed by atoms with van der Waals surface area (Å²) in [6.45, 7) is 6.74. The fourth-order valence-corrected chi connectivity index (χ4v) is 8.63. The van der Waals surface area contributed by atoms with E-state index in [4.69, 9.17) is 15.7 Å². The van der Waals surface area contributed by atoms with Crippen LogP contribution >= 0.6 is 0 Å². The summed E-state index contributed by atoms with van der Waals surface area (Å²) in [7, 11) is 0. The van der Waals surface area contributed by atoms with Crippen molar-refractivity contribution in [2.45, 2.75) is 13.5 Å². The van der Waals surface area contributed by atoms with Crippen molar-refractivity contribution in [3.05, 3.63) is 241 Å². The highest BCUT2D eigenvalue weighted by atomic mass is 15.0. The number of hydrogen-bond donors (Lipinski definition) is 1. The number of benzene rings is 8. The maximum Gasteiger partial charge on any atom is 0.157 e. The third-order valence-electron chi connectivity index (χ3n) is 11.7. The summed E-state index contributed by atoms with van der Waals surface area (Å²) >= 11 is 0. The predicted molar refractivity (Wildman–Crippen MR) is 267 cm³/mol. The molecule has 0 saturated heterocycles. The maximum atomic E-state index is 6.86. The lowest BCUT2D eigenvalue weighted by molar-refractivity contribution is 1.04. The van der Waals surface area contributed by atoms with Gasteiger partial charge >= 0.3 is 0 Å². The first-order valence-corrected chi connectivity index (χ1v) is 21.3. The highest BCUT2D eigenvalue weighted by molar-refractivity contribution is 6.12. The lowest BCUT2D eigenvalue weighted by Gasteiger charge is -2.12. The monoisotopic (exact) mass is 811 g/mol. The SMILES string of the molecule is C=Cc1c(/C=C\C)n(-c2cccc(CN=C(N=C(N)c3cccc(-c4ccccc4)c3)c3cccc(-c4ccccc4)c3)c2)c2cc3cc4c(ccn4-c4ccccc4)cc3cc12. The molecule has 0 saturated carbocycles. The Morgan fingerprint density at radius 3 is 1.87 bits per heavy atom. The van der Waals surface area contributed by atoms with Gasteiger partial charge in [-0.15, -0.1) is 0 Å². The number of allylic oxidation sites excluding steroid dienone is 1. The van der Waals surface area contributed by atoms with Gasteiger partial charge in [0.05, 0.1) is 23.3 Å². The van der Waals surface area contributed by atoms with Gasteiger partial charge in [-0.2, -0.15) is 0 Å². The molecule has 0 amide bonds. The van der Waals surface area contributed by atoms with Crippen LogP contribution in [-0.4, -0.2) is 20.8 Å². The molecule has 2 aromatic heterocycles. The van der Waals surface area contributed by atoms with E-state index in [0.29, 0.717) is 18.2 Å². The largest absolute Gasteiger partial charge is 0.383 e. The van der Waals surface area contributed by atoms with E-state index >= 15 is 0 Å². The van der Waals surface area contributed by atoms with Crippen LogP contribution in [-0.2, 0) is 6.54 Å². The van der Waals surface area contributed by atoms with Gasteiger partial charge in [0.1, 0.15) is 5.84 Å². The van der Waals surface area contributed by atoms with Gasteiger partial charge in [-0.1, -0.05) is 146 Å². The van der Waals surface area contributed by atoms with E-state index in [2.05, 4.69) is 199 Å². The van der Waals surface area contributed by atoms with E-state index < -0.39 is 0 Å². The molecule has 0 aliphatic carbocycles. The number of fused-ring (bicyclic) bond motifs is 3. The van der Waals surface area contributed by atoms with Crippen LogP contribution in [0.1, 0.15) is 34.9 Å². The minimum absolute atomic E-state index is 0.392. The van der Waals surface area contributed by atoms with E-state index in [0.717, 1.165) is 72.5 Å². The molecule has 0 spiro atoms. The van der Waals surface area contributed by atoms with Crippen molar-refractivity contribution in [3.63, 3.8) is 0 Å². The summed E-state index contributed by atoms with van der Waals surface area (Å²) in [5.74, 6) is 0.964. The van der Waals surface area contributed by atoms with Crippen molar-refractivity contribution >= 4 is 56.4 Å². The van der Waals surface area contributed by atoms with E-state index in [1.165, 1.54) is 21.7 Å². The number of rotatable bonds is 10. The lowest BCUT2D eigenvalue weighted by Crippen LogP contribution is -2.16.